The van der Waals surface area contributed by atoms with E-state index in [1.165, 1.54) is 0 Å². The number of aromatic nitrogens is 3. The first-order valence-corrected chi connectivity index (χ1v) is 7.81. The number of azo groups is 1. The summed E-state index contributed by atoms with van der Waals surface area (Å²) >= 11 is 0. The Morgan fingerprint density at radius 1 is 0.783 bits per heavy atom. The average molecular weight is 303 g/mol. The highest BCUT2D eigenvalue weighted by Crippen LogP contribution is 2.35. The van der Waals surface area contributed by atoms with Crippen LogP contribution in [0.2, 0.25) is 0 Å². The predicted octanol–water partition coefficient (Wildman–Crippen LogP) is 4.50. The largest absolute Gasteiger partial charge is 0.355 e. The molecule has 4 rings (SSSR count). The lowest BCUT2D eigenvalue weighted by Crippen LogP contribution is -2.07. The Bertz CT molecular complexity index is 795. The van der Waals surface area contributed by atoms with Crippen molar-refractivity contribution in [3.8, 4) is 11.4 Å². The number of hydrogen-bond acceptors (Lipinski definition) is 4. The minimum absolute atomic E-state index is 0.0812. The SMILES string of the molecule is c1ccc(-c2ccc(C3CCC(c4ccccn4)N=N3)[nH]2)nc1. The van der Waals surface area contributed by atoms with Crippen LogP contribution in [-0.2, 0) is 0 Å². The van der Waals surface area contributed by atoms with Gasteiger partial charge in [0.1, 0.15) is 12.1 Å². The fourth-order valence-corrected chi connectivity index (χ4v) is 2.87. The van der Waals surface area contributed by atoms with Crippen molar-refractivity contribution in [2.75, 3.05) is 0 Å². The topological polar surface area (TPSA) is 66.3 Å². The highest BCUT2D eigenvalue weighted by Gasteiger charge is 2.22. The fourth-order valence-electron chi connectivity index (χ4n) is 2.87. The fraction of sp³-hybridized carbons (Fsp3) is 0.222. The molecule has 23 heavy (non-hydrogen) atoms. The second kappa shape index (κ2) is 6.12. The molecule has 0 aliphatic carbocycles. The molecule has 0 amide bonds. The van der Waals surface area contributed by atoms with E-state index >= 15 is 0 Å². The van der Waals surface area contributed by atoms with E-state index in [0.717, 1.165) is 35.6 Å². The molecule has 4 heterocycles. The lowest BCUT2D eigenvalue weighted by atomic mass is 10.0. The van der Waals surface area contributed by atoms with Crippen LogP contribution in [0.4, 0.5) is 0 Å². The maximum atomic E-state index is 4.50. The Morgan fingerprint density at radius 2 is 1.57 bits per heavy atom. The monoisotopic (exact) mass is 303 g/mol. The van der Waals surface area contributed by atoms with Crippen LogP contribution in [0.1, 0.15) is 36.3 Å². The van der Waals surface area contributed by atoms with Crippen molar-refractivity contribution >= 4 is 0 Å². The molecule has 114 valence electrons. The van der Waals surface area contributed by atoms with E-state index in [2.05, 4.69) is 37.3 Å². The zero-order valence-corrected chi connectivity index (χ0v) is 12.6. The van der Waals surface area contributed by atoms with Gasteiger partial charge < -0.3 is 4.98 Å². The van der Waals surface area contributed by atoms with Gasteiger partial charge in [0.05, 0.1) is 17.1 Å². The first kappa shape index (κ1) is 13.8. The smallest absolute Gasteiger partial charge is 0.113 e. The molecule has 2 unspecified atom stereocenters. The Labute approximate surface area is 134 Å². The van der Waals surface area contributed by atoms with Gasteiger partial charge in [0.2, 0.25) is 0 Å². The Morgan fingerprint density at radius 3 is 2.26 bits per heavy atom. The number of pyridine rings is 2. The third-order valence-corrected chi connectivity index (χ3v) is 4.10. The number of aromatic amines is 1. The van der Waals surface area contributed by atoms with Crippen LogP contribution in [0, 0.1) is 0 Å². The third-order valence-electron chi connectivity index (χ3n) is 4.10. The molecule has 2 atom stereocenters. The molecular formula is C18H17N5. The maximum absolute atomic E-state index is 4.50. The van der Waals surface area contributed by atoms with E-state index < -0.39 is 0 Å². The number of nitrogens with zero attached hydrogens (tertiary/aromatic N) is 4. The minimum Gasteiger partial charge on any atom is -0.355 e. The molecule has 0 fully saturated rings. The second-order valence-electron chi connectivity index (χ2n) is 5.64. The van der Waals surface area contributed by atoms with Crippen LogP contribution in [0.3, 0.4) is 0 Å². The van der Waals surface area contributed by atoms with Gasteiger partial charge >= 0.3 is 0 Å². The van der Waals surface area contributed by atoms with Crippen molar-refractivity contribution in [3.63, 3.8) is 0 Å². The molecule has 0 saturated heterocycles. The molecule has 1 N–H and O–H groups in total. The molecule has 0 radical (unpaired) electrons. The van der Waals surface area contributed by atoms with E-state index in [9.17, 15) is 0 Å². The van der Waals surface area contributed by atoms with Crippen LogP contribution < -0.4 is 0 Å². The summed E-state index contributed by atoms with van der Waals surface area (Å²) < 4.78 is 0. The van der Waals surface area contributed by atoms with Gasteiger partial charge in [-0.25, -0.2) is 0 Å². The molecule has 0 saturated carbocycles. The van der Waals surface area contributed by atoms with Crippen LogP contribution in [0.5, 0.6) is 0 Å². The standard InChI is InChI=1S/C18H17N5/c1-3-11-19-13(5-1)15-7-8-16(21-15)18-10-9-17(22-23-18)14-6-2-4-12-20-14/h1-8,11-12,17-18,21H,9-10H2. The number of nitrogens with one attached hydrogen (secondary N) is 1. The molecule has 1 aliphatic rings. The molecule has 5 nitrogen and oxygen atoms in total. The van der Waals surface area contributed by atoms with Gasteiger partial charge in [-0.1, -0.05) is 12.1 Å². The van der Waals surface area contributed by atoms with Crippen LogP contribution in [-0.4, -0.2) is 15.0 Å². The normalized spacial score (nSPS) is 20.5. The van der Waals surface area contributed by atoms with Gasteiger partial charge in [-0.2, -0.15) is 10.2 Å². The number of hydrogen-bond donors (Lipinski definition) is 1. The molecular weight excluding hydrogens is 286 g/mol. The minimum atomic E-state index is 0.0812. The van der Waals surface area contributed by atoms with E-state index in [-0.39, 0.29) is 12.1 Å². The Hall–Kier alpha value is -2.82. The van der Waals surface area contributed by atoms with Gasteiger partial charge in [-0.05, 0) is 49.2 Å². The predicted molar refractivity (Wildman–Crippen MR) is 87.8 cm³/mol. The van der Waals surface area contributed by atoms with Crippen LogP contribution in [0.25, 0.3) is 11.4 Å². The Kier molecular flexibility index (Phi) is 3.68. The molecule has 0 bridgehead atoms. The lowest BCUT2D eigenvalue weighted by Gasteiger charge is -2.19. The molecule has 0 spiro atoms. The third kappa shape index (κ3) is 2.90. The molecule has 1 aliphatic heterocycles. The van der Waals surface area contributed by atoms with E-state index in [4.69, 9.17) is 0 Å². The zero-order valence-electron chi connectivity index (χ0n) is 12.6. The molecule has 3 aromatic rings. The van der Waals surface area contributed by atoms with Crippen molar-refractivity contribution in [2.45, 2.75) is 24.9 Å². The summed E-state index contributed by atoms with van der Waals surface area (Å²) in [6, 6.07) is 16.1. The summed E-state index contributed by atoms with van der Waals surface area (Å²) in [6.07, 6.45) is 5.53. The highest BCUT2D eigenvalue weighted by atomic mass is 15.2. The first-order valence-electron chi connectivity index (χ1n) is 7.81. The summed E-state index contributed by atoms with van der Waals surface area (Å²) in [5, 5.41) is 8.96. The van der Waals surface area contributed by atoms with Gasteiger partial charge in [-0.15, -0.1) is 0 Å². The van der Waals surface area contributed by atoms with Gasteiger partial charge in [0.25, 0.3) is 0 Å². The quantitative estimate of drug-likeness (QED) is 0.774. The van der Waals surface area contributed by atoms with Gasteiger partial charge in [-0.3, -0.25) is 9.97 Å². The first-order chi connectivity index (χ1) is 11.4. The summed E-state index contributed by atoms with van der Waals surface area (Å²) in [5.41, 5.74) is 4.05. The summed E-state index contributed by atoms with van der Waals surface area (Å²) in [6.45, 7) is 0. The summed E-state index contributed by atoms with van der Waals surface area (Å²) in [4.78, 5) is 12.2. The highest BCUT2D eigenvalue weighted by molar-refractivity contribution is 5.54. The molecule has 3 aromatic heterocycles. The van der Waals surface area contributed by atoms with Crippen molar-refractivity contribution in [1.82, 2.24) is 15.0 Å². The molecule has 5 heteroatoms. The van der Waals surface area contributed by atoms with E-state index in [1.54, 1.807) is 12.4 Å². The van der Waals surface area contributed by atoms with Crippen molar-refractivity contribution in [3.05, 3.63) is 72.3 Å². The Balaban J connectivity index is 1.51. The van der Waals surface area contributed by atoms with Gasteiger partial charge in [0.15, 0.2) is 0 Å². The summed E-state index contributed by atoms with van der Waals surface area (Å²) in [7, 11) is 0. The van der Waals surface area contributed by atoms with Crippen molar-refractivity contribution in [1.29, 1.82) is 0 Å². The van der Waals surface area contributed by atoms with Crippen LogP contribution in [0.15, 0.2) is 71.2 Å². The zero-order chi connectivity index (χ0) is 15.5. The van der Waals surface area contributed by atoms with E-state index in [1.807, 2.05) is 36.4 Å². The van der Waals surface area contributed by atoms with Gasteiger partial charge in [0, 0.05) is 18.1 Å². The second-order valence-corrected chi connectivity index (χ2v) is 5.64. The van der Waals surface area contributed by atoms with Crippen LogP contribution >= 0.6 is 0 Å². The van der Waals surface area contributed by atoms with Crippen molar-refractivity contribution in [2.24, 2.45) is 10.2 Å². The van der Waals surface area contributed by atoms with Crippen molar-refractivity contribution < 1.29 is 0 Å². The average Bonchev–Trinajstić information content (AvgIpc) is 3.14. The summed E-state index contributed by atoms with van der Waals surface area (Å²) in [5.74, 6) is 0. The number of rotatable bonds is 3. The number of H-pyrrole nitrogens is 1. The maximum Gasteiger partial charge on any atom is 0.113 e. The molecule has 0 aromatic carbocycles. The lowest BCUT2D eigenvalue weighted by molar-refractivity contribution is 0.442. The van der Waals surface area contributed by atoms with E-state index in [0.29, 0.717) is 0 Å².